The van der Waals surface area contributed by atoms with Crippen LogP contribution >= 0.6 is 0 Å². The van der Waals surface area contributed by atoms with Crippen LogP contribution in [0.1, 0.15) is 19.4 Å². The fourth-order valence-corrected chi connectivity index (χ4v) is 3.03. The molecule has 1 aromatic heterocycles. The summed E-state index contributed by atoms with van der Waals surface area (Å²) in [5.74, 6) is 1.40. The second-order valence-corrected chi connectivity index (χ2v) is 6.29. The molecule has 8 heteroatoms. The molecule has 2 aromatic rings. The Morgan fingerprint density at radius 2 is 1.89 bits per heavy atom. The lowest BCUT2D eigenvalue weighted by atomic mass is 10.2. The molecule has 0 radical (unpaired) electrons. The molecule has 2 heterocycles. The number of benzene rings is 1. The zero-order valence-corrected chi connectivity index (χ0v) is 15.9. The smallest absolute Gasteiger partial charge is 0.409 e. The van der Waals surface area contributed by atoms with Crippen LogP contribution in [-0.2, 0) is 11.3 Å². The molecule has 1 saturated heterocycles. The lowest BCUT2D eigenvalue weighted by Crippen LogP contribution is -2.49. The molecule has 0 atom stereocenters. The number of amides is 1. The molecule has 0 saturated carbocycles. The average molecular weight is 370 g/mol. The summed E-state index contributed by atoms with van der Waals surface area (Å²) in [6.07, 6.45) is 1.43. The number of hydrogen-bond acceptors (Lipinski definition) is 7. The van der Waals surface area contributed by atoms with Gasteiger partial charge in [0.2, 0.25) is 5.95 Å². The van der Waals surface area contributed by atoms with Crippen molar-refractivity contribution in [3.8, 4) is 0 Å². The Balaban J connectivity index is 1.66. The first-order chi connectivity index (χ1) is 13.2. The second-order valence-electron chi connectivity index (χ2n) is 6.29. The molecule has 1 aliphatic heterocycles. The zero-order chi connectivity index (χ0) is 19.1. The van der Waals surface area contributed by atoms with Gasteiger partial charge in [-0.1, -0.05) is 30.3 Å². The highest BCUT2D eigenvalue weighted by Gasteiger charge is 2.23. The van der Waals surface area contributed by atoms with Crippen LogP contribution in [0, 0.1) is 0 Å². The first-order valence-corrected chi connectivity index (χ1v) is 9.36. The third-order valence-electron chi connectivity index (χ3n) is 4.55. The fourth-order valence-electron chi connectivity index (χ4n) is 3.03. The van der Waals surface area contributed by atoms with Crippen molar-refractivity contribution in [2.24, 2.45) is 0 Å². The summed E-state index contributed by atoms with van der Waals surface area (Å²) in [7, 11) is 0. The van der Waals surface area contributed by atoms with E-state index in [1.807, 2.05) is 25.1 Å². The number of nitrogens with zero attached hydrogens (tertiary/aromatic N) is 6. The molecule has 1 fully saturated rings. The topological polar surface area (TPSA) is 74.7 Å². The number of aromatic nitrogens is 3. The number of carbonyl (C=O) groups excluding carboxylic acids is 1. The summed E-state index contributed by atoms with van der Waals surface area (Å²) in [5.41, 5.74) is 1.21. The van der Waals surface area contributed by atoms with Crippen LogP contribution in [0.15, 0.2) is 36.5 Å². The molecule has 0 aliphatic carbocycles. The summed E-state index contributed by atoms with van der Waals surface area (Å²) >= 11 is 0. The van der Waals surface area contributed by atoms with Gasteiger partial charge in [0.25, 0.3) is 0 Å². The summed E-state index contributed by atoms with van der Waals surface area (Å²) in [5, 5.41) is 8.38. The maximum Gasteiger partial charge on any atom is 0.409 e. The maximum absolute atomic E-state index is 11.8. The molecule has 144 valence electrons. The summed E-state index contributed by atoms with van der Waals surface area (Å²) < 4.78 is 5.07. The predicted octanol–water partition coefficient (Wildman–Crippen LogP) is 2.18. The Bertz CT molecular complexity index is 734. The first kappa shape index (κ1) is 18.9. The molecule has 3 rings (SSSR count). The summed E-state index contributed by atoms with van der Waals surface area (Å²) in [4.78, 5) is 22.5. The molecule has 0 spiro atoms. The van der Waals surface area contributed by atoms with Crippen LogP contribution in [0.5, 0.6) is 0 Å². The largest absolute Gasteiger partial charge is 0.450 e. The van der Waals surface area contributed by atoms with Gasteiger partial charge < -0.3 is 19.4 Å². The van der Waals surface area contributed by atoms with E-state index in [9.17, 15) is 4.79 Å². The summed E-state index contributed by atoms with van der Waals surface area (Å²) in [6.45, 7) is 8.43. The van der Waals surface area contributed by atoms with E-state index in [4.69, 9.17) is 9.72 Å². The van der Waals surface area contributed by atoms with Crippen LogP contribution in [-0.4, -0.2) is 65.5 Å². The minimum atomic E-state index is -0.251. The quantitative estimate of drug-likeness (QED) is 0.771. The fraction of sp³-hybridized carbons (Fsp3) is 0.474. The van der Waals surface area contributed by atoms with Crippen molar-refractivity contribution >= 4 is 17.9 Å². The molecule has 1 aromatic carbocycles. The van der Waals surface area contributed by atoms with Crippen molar-refractivity contribution < 1.29 is 9.53 Å². The third kappa shape index (κ3) is 4.84. The van der Waals surface area contributed by atoms with E-state index in [1.165, 1.54) is 5.56 Å². The van der Waals surface area contributed by atoms with Gasteiger partial charge in [-0.3, -0.25) is 0 Å². The number of carbonyl (C=O) groups is 1. The van der Waals surface area contributed by atoms with Gasteiger partial charge in [-0.2, -0.15) is 10.1 Å². The highest BCUT2D eigenvalue weighted by Crippen LogP contribution is 2.17. The maximum atomic E-state index is 11.8. The van der Waals surface area contributed by atoms with Gasteiger partial charge in [-0.25, -0.2) is 4.79 Å². The van der Waals surface area contributed by atoms with Crippen molar-refractivity contribution in [2.75, 3.05) is 49.1 Å². The number of piperazine rings is 1. The number of anilines is 2. The van der Waals surface area contributed by atoms with Gasteiger partial charge >= 0.3 is 6.09 Å². The Kier molecular flexibility index (Phi) is 6.40. The van der Waals surface area contributed by atoms with E-state index in [1.54, 1.807) is 11.1 Å². The van der Waals surface area contributed by atoms with E-state index in [0.717, 1.165) is 18.9 Å². The molecular formula is C19H26N6O2. The van der Waals surface area contributed by atoms with Crippen LogP contribution in [0.4, 0.5) is 16.6 Å². The van der Waals surface area contributed by atoms with Crippen LogP contribution in [0.2, 0.25) is 0 Å². The van der Waals surface area contributed by atoms with Gasteiger partial charge in [-0.05, 0) is 19.4 Å². The molecule has 0 N–H and O–H groups in total. The number of ether oxygens (including phenoxy) is 1. The van der Waals surface area contributed by atoms with Gasteiger partial charge in [0.1, 0.15) is 0 Å². The second kappa shape index (κ2) is 9.16. The van der Waals surface area contributed by atoms with Crippen LogP contribution in [0.3, 0.4) is 0 Å². The van der Waals surface area contributed by atoms with Crippen molar-refractivity contribution in [1.82, 2.24) is 20.1 Å². The van der Waals surface area contributed by atoms with Gasteiger partial charge in [0, 0.05) is 39.3 Å². The number of hydrogen-bond donors (Lipinski definition) is 0. The Morgan fingerprint density at radius 1 is 1.15 bits per heavy atom. The average Bonchev–Trinajstić information content (AvgIpc) is 2.73. The van der Waals surface area contributed by atoms with E-state index < -0.39 is 0 Å². The monoisotopic (exact) mass is 370 g/mol. The Morgan fingerprint density at radius 3 is 2.56 bits per heavy atom. The van der Waals surface area contributed by atoms with Crippen LogP contribution < -0.4 is 9.80 Å². The standard InChI is InChI=1S/C19H26N6O2/c1-3-23(15-16-8-6-5-7-9-16)18-21-17(14-20-22-18)24-10-12-25(13-11-24)19(26)27-4-2/h5-9,14H,3-4,10-13,15H2,1-2H3. The molecule has 0 bridgehead atoms. The SMILES string of the molecule is CCOC(=O)N1CCN(c2cnnc(N(CC)Cc3ccccc3)n2)CC1. The molecule has 1 aliphatic rings. The molecular weight excluding hydrogens is 344 g/mol. The minimum Gasteiger partial charge on any atom is -0.450 e. The summed E-state index contributed by atoms with van der Waals surface area (Å²) in [6, 6.07) is 10.3. The normalized spacial score (nSPS) is 14.1. The van der Waals surface area contributed by atoms with Crippen LogP contribution in [0.25, 0.3) is 0 Å². The Hall–Kier alpha value is -2.90. The van der Waals surface area contributed by atoms with Gasteiger partial charge in [0.15, 0.2) is 5.82 Å². The van der Waals surface area contributed by atoms with Crippen molar-refractivity contribution in [3.05, 3.63) is 42.1 Å². The Labute approximate surface area is 159 Å². The zero-order valence-electron chi connectivity index (χ0n) is 15.9. The third-order valence-corrected chi connectivity index (χ3v) is 4.55. The minimum absolute atomic E-state index is 0.251. The molecule has 27 heavy (non-hydrogen) atoms. The van der Waals surface area contributed by atoms with E-state index in [2.05, 4.69) is 39.1 Å². The van der Waals surface area contributed by atoms with Gasteiger partial charge in [-0.15, -0.1) is 5.10 Å². The molecule has 8 nitrogen and oxygen atoms in total. The molecule has 1 amide bonds. The van der Waals surface area contributed by atoms with Crippen molar-refractivity contribution in [3.63, 3.8) is 0 Å². The molecule has 0 unspecified atom stereocenters. The van der Waals surface area contributed by atoms with Crippen molar-refractivity contribution in [2.45, 2.75) is 20.4 Å². The van der Waals surface area contributed by atoms with E-state index >= 15 is 0 Å². The first-order valence-electron chi connectivity index (χ1n) is 9.36. The highest BCUT2D eigenvalue weighted by molar-refractivity contribution is 5.68. The lowest BCUT2D eigenvalue weighted by molar-refractivity contribution is 0.105. The van der Waals surface area contributed by atoms with Gasteiger partial charge in [0.05, 0.1) is 12.8 Å². The van der Waals surface area contributed by atoms with E-state index in [0.29, 0.717) is 38.7 Å². The van der Waals surface area contributed by atoms with Crippen molar-refractivity contribution in [1.29, 1.82) is 0 Å². The lowest BCUT2D eigenvalue weighted by Gasteiger charge is -2.34. The number of rotatable bonds is 6. The predicted molar refractivity (Wildman–Crippen MR) is 104 cm³/mol. The highest BCUT2D eigenvalue weighted by atomic mass is 16.6. The van der Waals surface area contributed by atoms with E-state index in [-0.39, 0.29) is 6.09 Å².